The van der Waals surface area contributed by atoms with Crippen LogP contribution in [0.25, 0.3) is 0 Å². The van der Waals surface area contributed by atoms with E-state index in [9.17, 15) is 17.6 Å². The maximum atomic E-state index is 10.4. The van der Waals surface area contributed by atoms with Crippen molar-refractivity contribution < 1.29 is 67.5 Å². The zero-order chi connectivity index (χ0) is 42.3. The molecular formula is C42H63F4NO10. The Kier molecular flexibility index (Phi) is 29.0. The average Bonchev–Trinajstić information content (AvgIpc) is 3.24. The van der Waals surface area contributed by atoms with Crippen molar-refractivity contribution in [3.8, 4) is 0 Å². The van der Waals surface area contributed by atoms with Crippen LogP contribution in [-0.2, 0) is 53.8 Å². The molecule has 11 nitrogen and oxygen atoms in total. The van der Waals surface area contributed by atoms with E-state index in [0.717, 1.165) is 81.0 Å². The van der Waals surface area contributed by atoms with Gasteiger partial charge in [-0.15, -0.1) is 0 Å². The molecule has 2 aliphatic rings. The number of nitrogens with zero attached hydrogens (tertiary/aromatic N) is 1. The first-order chi connectivity index (χ1) is 27.4. The summed E-state index contributed by atoms with van der Waals surface area (Å²) in [4.78, 5) is 38.6. The van der Waals surface area contributed by atoms with Gasteiger partial charge in [-0.2, -0.15) is 13.2 Å². The number of benzene rings is 2. The Labute approximate surface area is 334 Å². The molecule has 0 saturated heterocycles. The Morgan fingerprint density at radius 3 is 1.33 bits per heavy atom. The topological polar surface area (TPSA) is 138 Å². The fraction of sp³-hybridized carbons (Fsp3) is 0.595. The number of aromatic nitrogens is 1. The molecule has 3 aromatic rings. The van der Waals surface area contributed by atoms with Gasteiger partial charge < -0.3 is 0 Å². The molecule has 1 heterocycles. The van der Waals surface area contributed by atoms with Crippen molar-refractivity contribution in [3.05, 3.63) is 102 Å². The van der Waals surface area contributed by atoms with E-state index in [-0.39, 0.29) is 37.4 Å². The number of hydrogen-bond donors (Lipinski definition) is 3. The fourth-order valence-electron chi connectivity index (χ4n) is 5.98. The van der Waals surface area contributed by atoms with E-state index in [1.807, 2.05) is 99.6 Å². The summed E-state index contributed by atoms with van der Waals surface area (Å²) in [5, 5.41) is 25.6. The highest BCUT2D eigenvalue weighted by Crippen LogP contribution is 2.31. The standard InChI is InChI=1S/2C15H22O4.C9H13NO2.C2H3F3.CH3F/c2*1-12(18-16)14-7-9-15(10-8-14)19-17-11-13-5-3-2-4-6-13;1-8(12-11)5-6-9-4-2-3-7-10-9;1-2(3,4)5;1-2/h2*2-6,12,14-16H,7-11H2,1H3;2-4,7-8,11H,5-6H2,1H3;1H3;1H3. The molecule has 5 rings (SSSR count). The zero-order valence-corrected chi connectivity index (χ0v) is 33.8. The van der Waals surface area contributed by atoms with Gasteiger partial charge in [-0.1, -0.05) is 66.7 Å². The van der Waals surface area contributed by atoms with Crippen molar-refractivity contribution in [1.82, 2.24) is 4.98 Å². The molecule has 1 aromatic heterocycles. The molecule has 324 valence electrons. The maximum absolute atomic E-state index is 10.4. The molecule has 15 heteroatoms. The van der Waals surface area contributed by atoms with Crippen LogP contribution in [0.3, 0.4) is 0 Å². The summed E-state index contributed by atoms with van der Waals surface area (Å²) in [6, 6.07) is 25.8. The molecule has 0 radical (unpaired) electrons. The number of halogens is 4. The van der Waals surface area contributed by atoms with Gasteiger partial charge in [0.15, 0.2) is 0 Å². The molecule has 2 saturated carbocycles. The first-order valence-corrected chi connectivity index (χ1v) is 19.3. The lowest BCUT2D eigenvalue weighted by atomic mass is 9.84. The van der Waals surface area contributed by atoms with Gasteiger partial charge in [0.2, 0.25) is 0 Å². The lowest BCUT2D eigenvalue weighted by Crippen LogP contribution is -2.28. The predicted molar refractivity (Wildman–Crippen MR) is 207 cm³/mol. The largest absolute Gasteiger partial charge is 0.386 e. The second-order valence-corrected chi connectivity index (χ2v) is 13.9. The third-order valence-electron chi connectivity index (χ3n) is 9.36. The molecule has 3 unspecified atom stereocenters. The van der Waals surface area contributed by atoms with Gasteiger partial charge in [-0.05, 0) is 120 Å². The van der Waals surface area contributed by atoms with Gasteiger partial charge in [0, 0.05) is 18.8 Å². The Balaban J connectivity index is 0.000000403. The van der Waals surface area contributed by atoms with Gasteiger partial charge in [0.05, 0.1) is 37.7 Å². The van der Waals surface area contributed by atoms with Crippen molar-refractivity contribution >= 4 is 0 Å². The van der Waals surface area contributed by atoms with Crippen LogP contribution in [0.4, 0.5) is 17.6 Å². The minimum absolute atomic E-state index is 0.0915. The Hall–Kier alpha value is -3.09. The molecule has 3 atom stereocenters. The summed E-state index contributed by atoms with van der Waals surface area (Å²) < 4.78 is 40.6. The Bertz CT molecular complexity index is 1240. The first kappa shape index (κ1) is 51.9. The molecule has 0 amide bonds. The quantitative estimate of drug-likeness (QED) is 0.0723. The van der Waals surface area contributed by atoms with Gasteiger partial charge in [-0.25, -0.2) is 34.2 Å². The summed E-state index contributed by atoms with van der Waals surface area (Å²) in [6.07, 6.45) is 7.21. The van der Waals surface area contributed by atoms with E-state index < -0.39 is 6.18 Å². The minimum Gasteiger partial charge on any atom is -0.261 e. The van der Waals surface area contributed by atoms with Crippen LogP contribution in [0.5, 0.6) is 0 Å². The third kappa shape index (κ3) is 26.5. The smallest absolute Gasteiger partial charge is 0.261 e. The van der Waals surface area contributed by atoms with E-state index in [1.165, 1.54) is 0 Å². The van der Waals surface area contributed by atoms with Crippen molar-refractivity contribution in [2.45, 2.75) is 142 Å². The highest BCUT2D eigenvalue weighted by Gasteiger charge is 2.28. The predicted octanol–water partition coefficient (Wildman–Crippen LogP) is 11.2. The number of alkyl halides is 4. The molecule has 57 heavy (non-hydrogen) atoms. The van der Waals surface area contributed by atoms with Crippen molar-refractivity contribution in [3.63, 3.8) is 0 Å². The van der Waals surface area contributed by atoms with Crippen molar-refractivity contribution in [2.24, 2.45) is 11.8 Å². The van der Waals surface area contributed by atoms with Gasteiger partial charge in [0.1, 0.15) is 13.2 Å². The molecule has 0 spiro atoms. The molecule has 0 bridgehead atoms. The summed E-state index contributed by atoms with van der Waals surface area (Å²) >= 11 is 0. The number of pyridine rings is 1. The van der Waals surface area contributed by atoms with E-state index in [4.69, 9.17) is 35.3 Å². The normalized spacial score (nSPS) is 20.6. The van der Waals surface area contributed by atoms with Gasteiger partial charge in [0.25, 0.3) is 0 Å². The molecule has 3 N–H and O–H groups in total. The van der Waals surface area contributed by atoms with Gasteiger partial charge in [-0.3, -0.25) is 25.1 Å². The van der Waals surface area contributed by atoms with E-state index in [0.29, 0.717) is 32.2 Å². The highest BCUT2D eigenvalue weighted by atomic mass is 19.4. The number of hydrogen-bond acceptors (Lipinski definition) is 11. The highest BCUT2D eigenvalue weighted by molar-refractivity contribution is 5.14. The van der Waals surface area contributed by atoms with Crippen LogP contribution >= 0.6 is 0 Å². The number of rotatable bonds is 16. The Morgan fingerprint density at radius 1 is 0.614 bits per heavy atom. The monoisotopic (exact) mass is 817 g/mol. The second kappa shape index (κ2) is 31.8. The summed E-state index contributed by atoms with van der Waals surface area (Å²) in [7, 11) is 0.500. The molecule has 2 aliphatic carbocycles. The van der Waals surface area contributed by atoms with Crippen molar-refractivity contribution in [2.75, 3.05) is 7.18 Å². The number of aryl methyl sites for hydroxylation is 1. The fourth-order valence-corrected chi connectivity index (χ4v) is 5.98. The summed E-state index contributed by atoms with van der Waals surface area (Å²) in [6.45, 7) is 6.78. The van der Waals surface area contributed by atoms with E-state index in [2.05, 4.69) is 19.6 Å². The molecule has 2 aromatic carbocycles. The molecule has 0 aliphatic heterocycles. The third-order valence-corrected chi connectivity index (χ3v) is 9.36. The molecule has 2 fully saturated rings. The maximum Gasteiger partial charge on any atom is 0.386 e. The van der Waals surface area contributed by atoms with Crippen LogP contribution < -0.4 is 0 Å². The Morgan fingerprint density at radius 2 is 1.00 bits per heavy atom. The van der Waals surface area contributed by atoms with E-state index in [1.54, 1.807) is 6.20 Å². The minimum atomic E-state index is -4.00. The van der Waals surface area contributed by atoms with Gasteiger partial charge >= 0.3 is 6.18 Å². The van der Waals surface area contributed by atoms with Crippen LogP contribution in [0.15, 0.2) is 85.1 Å². The zero-order valence-electron chi connectivity index (χ0n) is 33.8. The lowest BCUT2D eigenvalue weighted by Gasteiger charge is -2.29. The van der Waals surface area contributed by atoms with E-state index >= 15 is 0 Å². The lowest BCUT2D eigenvalue weighted by molar-refractivity contribution is -0.340. The average molecular weight is 818 g/mol. The molecular weight excluding hydrogens is 754 g/mol. The second-order valence-electron chi connectivity index (χ2n) is 13.9. The summed E-state index contributed by atoms with van der Waals surface area (Å²) in [5.41, 5.74) is 3.25. The first-order valence-electron chi connectivity index (χ1n) is 19.3. The summed E-state index contributed by atoms with van der Waals surface area (Å²) in [5.74, 6) is 0.831. The van der Waals surface area contributed by atoms with Crippen LogP contribution in [0.2, 0.25) is 0 Å². The SMILES string of the molecule is CC(CCc1ccccn1)OO.CC(F)(F)F.CC(OO)C1CCC(OOCc2ccccc2)CC1.CC(OO)C1CCC(OOCc2ccccc2)CC1.CF. The van der Waals surface area contributed by atoms with Crippen LogP contribution in [0, 0.1) is 11.8 Å². The van der Waals surface area contributed by atoms with Crippen molar-refractivity contribution in [1.29, 1.82) is 0 Å². The van der Waals surface area contributed by atoms with Crippen LogP contribution in [-0.4, -0.2) is 64.6 Å². The van der Waals surface area contributed by atoms with Crippen LogP contribution in [0.1, 0.15) is 102 Å².